The molecule has 2 rings (SSSR count). The molecule has 0 amide bonds. The third-order valence-electron chi connectivity index (χ3n) is 2.81. The van der Waals surface area contributed by atoms with Crippen molar-refractivity contribution in [3.05, 3.63) is 53.6 Å². The first kappa shape index (κ1) is 14.3. The Balaban J connectivity index is 2.33. The fourth-order valence-corrected chi connectivity index (χ4v) is 2.16. The van der Waals surface area contributed by atoms with Gasteiger partial charge in [0.05, 0.1) is 5.56 Å². The predicted octanol–water partition coefficient (Wildman–Crippen LogP) is 3.60. The fraction of sp³-hybridized carbons (Fsp3) is 0.133. The van der Waals surface area contributed by atoms with Crippen LogP contribution in [0, 0.1) is 6.92 Å². The highest BCUT2D eigenvalue weighted by molar-refractivity contribution is 7.98. The molecule has 0 atom stereocenters. The van der Waals surface area contributed by atoms with Crippen LogP contribution in [0.4, 0.5) is 0 Å². The molecule has 0 aliphatic rings. The molecule has 20 heavy (non-hydrogen) atoms. The average Bonchev–Trinajstić information content (AvgIpc) is 2.47. The highest BCUT2D eigenvalue weighted by atomic mass is 32.2. The first-order valence-electron chi connectivity index (χ1n) is 6.04. The third-order valence-corrected chi connectivity index (χ3v) is 3.55. The first-order valence-corrected chi connectivity index (χ1v) is 7.27. The molecule has 0 saturated carbocycles. The highest BCUT2D eigenvalue weighted by Crippen LogP contribution is 2.28. The van der Waals surface area contributed by atoms with Crippen LogP contribution in [-0.4, -0.2) is 17.3 Å². The number of benzene rings is 2. The van der Waals surface area contributed by atoms with Gasteiger partial charge in [0.1, 0.15) is 11.5 Å². The van der Waals surface area contributed by atoms with E-state index in [0.29, 0.717) is 17.1 Å². The van der Waals surface area contributed by atoms with E-state index in [2.05, 4.69) is 5.16 Å². The molecule has 0 bridgehead atoms. The van der Waals surface area contributed by atoms with Crippen molar-refractivity contribution < 1.29 is 9.94 Å². The minimum Gasteiger partial charge on any atom is -0.457 e. The molecule has 0 saturated heterocycles. The third kappa shape index (κ3) is 3.24. The summed E-state index contributed by atoms with van der Waals surface area (Å²) in [5, 5.41) is 11.9. The van der Waals surface area contributed by atoms with Crippen molar-refractivity contribution in [2.45, 2.75) is 11.8 Å². The van der Waals surface area contributed by atoms with Crippen LogP contribution in [-0.2, 0) is 0 Å². The van der Waals surface area contributed by atoms with E-state index >= 15 is 0 Å². The number of aryl methyl sites for hydroxylation is 1. The molecule has 4 nitrogen and oxygen atoms in total. The van der Waals surface area contributed by atoms with Crippen LogP contribution in [0.3, 0.4) is 0 Å². The van der Waals surface area contributed by atoms with Crippen molar-refractivity contribution in [2.24, 2.45) is 10.9 Å². The maximum absolute atomic E-state index is 8.82. The van der Waals surface area contributed by atoms with Crippen molar-refractivity contribution in [3.63, 3.8) is 0 Å². The molecule has 0 fully saturated rings. The van der Waals surface area contributed by atoms with Gasteiger partial charge in [0.15, 0.2) is 5.84 Å². The van der Waals surface area contributed by atoms with Gasteiger partial charge in [-0.2, -0.15) is 0 Å². The Morgan fingerprint density at radius 1 is 1.20 bits per heavy atom. The maximum Gasteiger partial charge on any atom is 0.173 e. The summed E-state index contributed by atoms with van der Waals surface area (Å²) in [5.74, 6) is 1.30. The molecular formula is C15H16N2O2S. The number of oxime groups is 1. The van der Waals surface area contributed by atoms with Gasteiger partial charge in [-0.3, -0.25) is 0 Å². The standard InChI is InChI=1S/C15H16N2O2S/c1-10-3-8-13(15(16)17-18)14(9-10)19-11-4-6-12(20-2)7-5-11/h3-9,18H,1-2H3,(H2,16,17). The van der Waals surface area contributed by atoms with E-state index in [1.54, 1.807) is 17.8 Å². The Labute approximate surface area is 122 Å². The molecule has 3 N–H and O–H groups in total. The van der Waals surface area contributed by atoms with Crippen LogP contribution in [0.5, 0.6) is 11.5 Å². The van der Waals surface area contributed by atoms with E-state index in [9.17, 15) is 0 Å². The van der Waals surface area contributed by atoms with Crippen LogP contribution in [0.1, 0.15) is 11.1 Å². The summed E-state index contributed by atoms with van der Waals surface area (Å²) >= 11 is 1.67. The van der Waals surface area contributed by atoms with Gasteiger partial charge in [0, 0.05) is 4.90 Å². The molecule has 0 spiro atoms. The Bertz CT molecular complexity index is 624. The summed E-state index contributed by atoms with van der Waals surface area (Å²) in [5.41, 5.74) is 7.26. The van der Waals surface area contributed by atoms with E-state index < -0.39 is 0 Å². The number of amidine groups is 1. The zero-order valence-electron chi connectivity index (χ0n) is 11.3. The van der Waals surface area contributed by atoms with E-state index in [1.165, 1.54) is 4.90 Å². The quantitative estimate of drug-likeness (QED) is 0.296. The molecule has 0 unspecified atom stereocenters. The van der Waals surface area contributed by atoms with E-state index in [1.807, 2.05) is 49.6 Å². The minimum atomic E-state index is 0.0285. The lowest BCUT2D eigenvalue weighted by atomic mass is 10.1. The molecule has 104 valence electrons. The first-order chi connectivity index (χ1) is 9.63. The number of rotatable bonds is 4. The molecule has 0 radical (unpaired) electrons. The van der Waals surface area contributed by atoms with Gasteiger partial charge in [-0.15, -0.1) is 11.8 Å². The SMILES string of the molecule is CSc1ccc(Oc2cc(C)ccc2C(N)=NO)cc1. The zero-order chi connectivity index (χ0) is 14.5. The highest BCUT2D eigenvalue weighted by Gasteiger charge is 2.09. The van der Waals surface area contributed by atoms with Gasteiger partial charge < -0.3 is 15.7 Å². The normalized spacial score (nSPS) is 11.4. The van der Waals surface area contributed by atoms with Gasteiger partial charge >= 0.3 is 0 Å². The molecule has 0 aliphatic carbocycles. The van der Waals surface area contributed by atoms with Crippen molar-refractivity contribution in [2.75, 3.05) is 6.26 Å². The number of ether oxygens (including phenoxy) is 1. The Morgan fingerprint density at radius 2 is 1.90 bits per heavy atom. The molecule has 0 aliphatic heterocycles. The second-order valence-electron chi connectivity index (χ2n) is 4.26. The van der Waals surface area contributed by atoms with Crippen molar-refractivity contribution >= 4 is 17.6 Å². The summed E-state index contributed by atoms with van der Waals surface area (Å²) < 4.78 is 5.83. The number of hydrogen-bond donors (Lipinski definition) is 2. The summed E-state index contributed by atoms with van der Waals surface area (Å²) in [6.45, 7) is 1.96. The van der Waals surface area contributed by atoms with Gasteiger partial charge in [-0.25, -0.2) is 0 Å². The lowest BCUT2D eigenvalue weighted by Crippen LogP contribution is -2.14. The summed E-state index contributed by atoms with van der Waals surface area (Å²) in [6, 6.07) is 13.3. The van der Waals surface area contributed by atoms with Gasteiger partial charge in [0.2, 0.25) is 0 Å². The Kier molecular flexibility index (Phi) is 4.53. The monoisotopic (exact) mass is 288 g/mol. The lowest BCUT2D eigenvalue weighted by molar-refractivity contribution is 0.318. The predicted molar refractivity (Wildman–Crippen MR) is 82.0 cm³/mol. The van der Waals surface area contributed by atoms with E-state index in [-0.39, 0.29) is 5.84 Å². The number of thioether (sulfide) groups is 1. The average molecular weight is 288 g/mol. The maximum atomic E-state index is 8.82. The topological polar surface area (TPSA) is 67.8 Å². The van der Waals surface area contributed by atoms with Gasteiger partial charge in [-0.1, -0.05) is 11.2 Å². The van der Waals surface area contributed by atoms with Crippen LogP contribution >= 0.6 is 11.8 Å². The number of nitrogens with two attached hydrogens (primary N) is 1. The second kappa shape index (κ2) is 6.34. The summed E-state index contributed by atoms with van der Waals surface area (Å²) in [6.07, 6.45) is 2.02. The van der Waals surface area contributed by atoms with E-state index in [4.69, 9.17) is 15.7 Å². The molecule has 5 heteroatoms. The Morgan fingerprint density at radius 3 is 2.50 bits per heavy atom. The van der Waals surface area contributed by atoms with Crippen LogP contribution in [0.2, 0.25) is 0 Å². The van der Waals surface area contributed by atoms with E-state index in [0.717, 1.165) is 5.56 Å². The molecule has 2 aromatic carbocycles. The van der Waals surface area contributed by atoms with Crippen LogP contribution in [0.25, 0.3) is 0 Å². The minimum absolute atomic E-state index is 0.0285. The molecule has 0 heterocycles. The van der Waals surface area contributed by atoms with Crippen molar-refractivity contribution in [3.8, 4) is 11.5 Å². The lowest BCUT2D eigenvalue weighted by Gasteiger charge is -2.11. The smallest absolute Gasteiger partial charge is 0.173 e. The summed E-state index contributed by atoms with van der Waals surface area (Å²) in [4.78, 5) is 1.17. The van der Waals surface area contributed by atoms with Gasteiger partial charge in [-0.05, 0) is 55.1 Å². The van der Waals surface area contributed by atoms with Crippen LogP contribution < -0.4 is 10.5 Å². The largest absolute Gasteiger partial charge is 0.457 e. The second-order valence-corrected chi connectivity index (χ2v) is 5.14. The van der Waals surface area contributed by atoms with Crippen molar-refractivity contribution in [1.82, 2.24) is 0 Å². The molecule has 0 aromatic heterocycles. The fourth-order valence-electron chi connectivity index (χ4n) is 1.75. The number of hydrogen-bond acceptors (Lipinski definition) is 4. The number of nitrogens with zero attached hydrogens (tertiary/aromatic N) is 1. The van der Waals surface area contributed by atoms with Crippen LogP contribution in [0.15, 0.2) is 52.5 Å². The molecular weight excluding hydrogens is 272 g/mol. The van der Waals surface area contributed by atoms with Gasteiger partial charge in [0.25, 0.3) is 0 Å². The molecule has 2 aromatic rings. The Hall–Kier alpha value is -2.14. The van der Waals surface area contributed by atoms with Crippen molar-refractivity contribution in [1.29, 1.82) is 0 Å². The summed E-state index contributed by atoms with van der Waals surface area (Å²) in [7, 11) is 0. The zero-order valence-corrected chi connectivity index (χ0v) is 12.1.